The first kappa shape index (κ1) is 14.7. The molecule has 1 aliphatic heterocycles. The number of rotatable bonds is 2. The highest BCUT2D eigenvalue weighted by Gasteiger charge is 2.25. The van der Waals surface area contributed by atoms with E-state index in [0.29, 0.717) is 16.7 Å². The van der Waals surface area contributed by atoms with Crippen molar-refractivity contribution >= 4 is 23.5 Å². The number of hydrogen-bond acceptors (Lipinski definition) is 3. The maximum atomic E-state index is 12.2. The lowest BCUT2D eigenvalue weighted by Gasteiger charge is -2.34. The molecule has 1 aliphatic rings. The van der Waals surface area contributed by atoms with Crippen LogP contribution in [0.2, 0.25) is 0 Å². The number of thioether (sulfide) groups is 1. The zero-order valence-corrected chi connectivity index (χ0v) is 12.6. The number of benzene rings is 1. The van der Waals surface area contributed by atoms with Crippen LogP contribution in [-0.2, 0) is 0 Å². The molecule has 1 atom stereocenters. The Morgan fingerprint density at radius 3 is 2.75 bits per heavy atom. The van der Waals surface area contributed by atoms with Crippen molar-refractivity contribution in [1.29, 1.82) is 5.26 Å². The van der Waals surface area contributed by atoms with Crippen LogP contribution in [0.3, 0.4) is 0 Å². The molecular weight excluding hydrogens is 270 g/mol. The second-order valence-electron chi connectivity index (χ2n) is 5.22. The van der Waals surface area contributed by atoms with Crippen LogP contribution in [-0.4, -0.2) is 35.0 Å². The summed E-state index contributed by atoms with van der Waals surface area (Å²) in [5, 5.41) is 12.1. The number of nitrogens with zero attached hydrogens (tertiary/aromatic N) is 2. The minimum atomic E-state index is -0.0549. The molecule has 1 heterocycles. The molecule has 1 fully saturated rings. The molecule has 2 rings (SSSR count). The number of amides is 2. The second-order valence-corrected chi connectivity index (χ2v) is 6.57. The van der Waals surface area contributed by atoms with Gasteiger partial charge in [-0.15, -0.1) is 0 Å². The number of carbonyl (C=O) groups is 1. The van der Waals surface area contributed by atoms with E-state index in [-0.39, 0.29) is 6.03 Å². The van der Waals surface area contributed by atoms with Gasteiger partial charge in [0.1, 0.15) is 0 Å². The highest BCUT2D eigenvalue weighted by molar-refractivity contribution is 8.00. The molecular formula is C15H19N3OS. The van der Waals surface area contributed by atoms with Crippen molar-refractivity contribution in [2.75, 3.05) is 24.2 Å². The number of hydrogen-bond donors (Lipinski definition) is 1. The molecule has 0 spiro atoms. The van der Waals surface area contributed by atoms with Crippen LogP contribution < -0.4 is 5.32 Å². The van der Waals surface area contributed by atoms with E-state index < -0.39 is 0 Å². The fraction of sp³-hybridized carbons (Fsp3) is 0.467. The predicted molar refractivity (Wildman–Crippen MR) is 82.8 cm³/mol. The summed E-state index contributed by atoms with van der Waals surface area (Å²) in [4.78, 5) is 14.1. The summed E-state index contributed by atoms with van der Waals surface area (Å²) in [6.07, 6.45) is 0. The van der Waals surface area contributed by atoms with Crippen LogP contribution in [0.25, 0.3) is 0 Å². The zero-order valence-electron chi connectivity index (χ0n) is 11.8. The molecule has 0 radical (unpaired) electrons. The van der Waals surface area contributed by atoms with Gasteiger partial charge in [-0.2, -0.15) is 17.0 Å². The average molecular weight is 289 g/mol. The van der Waals surface area contributed by atoms with E-state index in [1.54, 1.807) is 24.3 Å². The zero-order chi connectivity index (χ0) is 14.5. The lowest BCUT2D eigenvalue weighted by atomic mass is 10.1. The maximum Gasteiger partial charge on any atom is 0.321 e. The van der Waals surface area contributed by atoms with Crippen molar-refractivity contribution < 1.29 is 4.79 Å². The molecule has 1 aromatic carbocycles. The van der Waals surface area contributed by atoms with Gasteiger partial charge in [-0.05, 0) is 30.2 Å². The second kappa shape index (κ2) is 6.67. The Morgan fingerprint density at radius 2 is 2.15 bits per heavy atom. The average Bonchev–Trinajstić information content (AvgIpc) is 2.48. The summed E-state index contributed by atoms with van der Waals surface area (Å²) < 4.78 is 0. The number of carbonyl (C=O) groups excluding carboxylic acids is 1. The van der Waals surface area contributed by atoms with Gasteiger partial charge < -0.3 is 10.2 Å². The standard InChI is InChI=1S/C15H19N3OS/c1-11(2)14-10-18(7-8-20-14)15(19)17-13-5-3-12(9-16)4-6-13/h3-6,11,14H,7-8,10H2,1-2H3,(H,17,19)/t14-/m0/s1. The summed E-state index contributed by atoms with van der Waals surface area (Å²) in [5.41, 5.74) is 1.32. The molecule has 20 heavy (non-hydrogen) atoms. The van der Waals surface area contributed by atoms with Gasteiger partial charge in [-0.25, -0.2) is 4.79 Å². The number of urea groups is 1. The van der Waals surface area contributed by atoms with Crippen molar-refractivity contribution in [3.05, 3.63) is 29.8 Å². The number of nitriles is 1. The van der Waals surface area contributed by atoms with Gasteiger partial charge in [0, 0.05) is 29.8 Å². The third-order valence-electron chi connectivity index (χ3n) is 3.39. The molecule has 1 N–H and O–H groups in total. The molecule has 0 unspecified atom stereocenters. The van der Waals surface area contributed by atoms with Crippen LogP contribution >= 0.6 is 11.8 Å². The first-order chi connectivity index (χ1) is 9.60. The topological polar surface area (TPSA) is 56.1 Å². The van der Waals surface area contributed by atoms with Crippen molar-refractivity contribution in [2.24, 2.45) is 5.92 Å². The van der Waals surface area contributed by atoms with Crippen molar-refractivity contribution in [2.45, 2.75) is 19.1 Å². The Balaban J connectivity index is 1.95. The van der Waals surface area contributed by atoms with Gasteiger partial charge in [-0.3, -0.25) is 0 Å². The summed E-state index contributed by atoms with van der Waals surface area (Å²) in [6.45, 7) is 5.97. The van der Waals surface area contributed by atoms with Gasteiger partial charge in [0.2, 0.25) is 0 Å². The van der Waals surface area contributed by atoms with Gasteiger partial charge >= 0.3 is 6.03 Å². The van der Waals surface area contributed by atoms with E-state index in [1.807, 2.05) is 16.7 Å². The van der Waals surface area contributed by atoms with E-state index in [1.165, 1.54) is 0 Å². The fourth-order valence-electron chi connectivity index (χ4n) is 2.09. The quantitative estimate of drug-likeness (QED) is 0.910. The minimum Gasteiger partial charge on any atom is -0.323 e. The Kier molecular flexibility index (Phi) is 4.91. The summed E-state index contributed by atoms with van der Waals surface area (Å²) in [6, 6.07) is 8.94. The van der Waals surface area contributed by atoms with Crippen molar-refractivity contribution in [3.63, 3.8) is 0 Å². The van der Waals surface area contributed by atoms with Crippen molar-refractivity contribution in [3.8, 4) is 6.07 Å². The normalized spacial score (nSPS) is 18.7. The molecule has 2 amide bonds. The van der Waals surface area contributed by atoms with E-state index in [0.717, 1.165) is 24.5 Å². The molecule has 1 aromatic rings. The van der Waals surface area contributed by atoms with Gasteiger partial charge in [0.15, 0.2) is 0 Å². The molecule has 5 heteroatoms. The summed E-state index contributed by atoms with van der Waals surface area (Å²) >= 11 is 1.95. The highest BCUT2D eigenvalue weighted by Crippen LogP contribution is 2.25. The third kappa shape index (κ3) is 3.67. The van der Waals surface area contributed by atoms with E-state index >= 15 is 0 Å². The monoisotopic (exact) mass is 289 g/mol. The van der Waals surface area contributed by atoms with E-state index in [4.69, 9.17) is 5.26 Å². The molecule has 0 aromatic heterocycles. The molecule has 4 nitrogen and oxygen atoms in total. The number of nitrogens with one attached hydrogen (secondary N) is 1. The molecule has 0 saturated carbocycles. The first-order valence-electron chi connectivity index (χ1n) is 6.78. The van der Waals surface area contributed by atoms with E-state index in [2.05, 4.69) is 25.2 Å². The van der Waals surface area contributed by atoms with Crippen LogP contribution in [0.1, 0.15) is 19.4 Å². The van der Waals surface area contributed by atoms with Crippen molar-refractivity contribution in [1.82, 2.24) is 4.90 Å². The van der Waals surface area contributed by atoms with Crippen LogP contribution in [0.4, 0.5) is 10.5 Å². The predicted octanol–water partition coefficient (Wildman–Crippen LogP) is 3.16. The minimum absolute atomic E-state index is 0.0549. The van der Waals surface area contributed by atoms with Crippen LogP contribution in [0.15, 0.2) is 24.3 Å². The maximum absolute atomic E-state index is 12.2. The lowest BCUT2D eigenvalue weighted by Crippen LogP contribution is -2.45. The molecule has 0 bridgehead atoms. The Labute approximate surface area is 124 Å². The third-order valence-corrected chi connectivity index (χ3v) is 4.93. The highest BCUT2D eigenvalue weighted by atomic mass is 32.2. The Morgan fingerprint density at radius 1 is 1.45 bits per heavy atom. The van der Waals surface area contributed by atoms with Crippen LogP contribution in [0.5, 0.6) is 0 Å². The summed E-state index contributed by atoms with van der Waals surface area (Å²) in [7, 11) is 0. The van der Waals surface area contributed by atoms with E-state index in [9.17, 15) is 4.79 Å². The fourth-order valence-corrected chi connectivity index (χ4v) is 3.39. The van der Waals surface area contributed by atoms with Crippen LogP contribution in [0, 0.1) is 17.2 Å². The lowest BCUT2D eigenvalue weighted by molar-refractivity contribution is 0.211. The molecule has 0 aliphatic carbocycles. The summed E-state index contributed by atoms with van der Waals surface area (Å²) in [5.74, 6) is 1.56. The Bertz CT molecular complexity index is 507. The smallest absolute Gasteiger partial charge is 0.321 e. The number of anilines is 1. The Hall–Kier alpha value is -1.67. The first-order valence-corrected chi connectivity index (χ1v) is 7.82. The van der Waals surface area contributed by atoms with Gasteiger partial charge in [0.25, 0.3) is 0 Å². The SMILES string of the molecule is CC(C)[C@@H]1CN(C(=O)Nc2ccc(C#N)cc2)CCS1. The van der Waals surface area contributed by atoms with Gasteiger partial charge in [-0.1, -0.05) is 13.8 Å². The van der Waals surface area contributed by atoms with Gasteiger partial charge in [0.05, 0.1) is 11.6 Å². The molecule has 106 valence electrons. The largest absolute Gasteiger partial charge is 0.323 e. The molecule has 1 saturated heterocycles.